The van der Waals surface area contributed by atoms with Gasteiger partial charge in [0.15, 0.2) is 0 Å². The van der Waals surface area contributed by atoms with E-state index in [0.717, 1.165) is 0 Å². The lowest BCUT2D eigenvalue weighted by Gasteiger charge is -2.04. The number of non-ortho nitro benzene ring substituents is 1. The molecule has 10 nitrogen and oxygen atoms in total. The zero-order valence-electron chi connectivity index (χ0n) is 16.1. The molecule has 0 radical (unpaired) electrons. The van der Waals surface area contributed by atoms with Crippen molar-refractivity contribution in [3.05, 3.63) is 93.7 Å². The maximum atomic E-state index is 10.4. The lowest BCUT2D eigenvalue weighted by atomic mass is 10.3. The molecule has 2 N–H and O–H groups in total. The predicted molar refractivity (Wildman–Crippen MR) is 118 cm³/mol. The normalized spacial score (nSPS) is 9.94. The third kappa shape index (κ3) is 7.04. The second-order valence-electron chi connectivity index (χ2n) is 5.88. The van der Waals surface area contributed by atoms with Gasteiger partial charge in [0.1, 0.15) is 34.5 Å². The number of hydrogen-bond acceptors (Lipinski definition) is 9. The molecule has 0 unspecified atom stereocenters. The number of hydrogen-bond donors (Lipinski definition) is 1. The highest BCUT2D eigenvalue weighted by molar-refractivity contribution is 6.29. The molecule has 0 spiro atoms. The Hall–Kier alpha value is -4.02. The molecule has 162 valence electrons. The molecule has 0 aliphatic carbocycles. The quantitative estimate of drug-likeness (QED) is 0.176. The second kappa shape index (κ2) is 10.8. The molecule has 12 heteroatoms. The van der Waals surface area contributed by atoms with Crippen molar-refractivity contribution in [2.45, 2.75) is 0 Å². The fourth-order valence-electron chi connectivity index (χ4n) is 2.16. The second-order valence-corrected chi connectivity index (χ2v) is 6.66. The zero-order valence-corrected chi connectivity index (χ0v) is 17.6. The number of nitro benzene ring substituents is 1. The number of nitro groups is 1. The SMILES string of the molecule is Nc1ccc(Oc2cc(Cl)ncn2)cc1.O=[N+]([O-])c1ccc(Oc2cc(Cl)ncn2)cc1. The minimum atomic E-state index is -0.481. The molecule has 0 aliphatic heterocycles. The fraction of sp³-hybridized carbons (Fsp3) is 0. The molecular formula is C20H14Cl2N6O4. The Morgan fingerprint density at radius 1 is 0.750 bits per heavy atom. The topological polar surface area (TPSA) is 139 Å². The predicted octanol–water partition coefficient (Wildman–Crippen LogP) is 5.34. The lowest BCUT2D eigenvalue weighted by molar-refractivity contribution is -0.384. The van der Waals surface area contributed by atoms with E-state index in [4.69, 9.17) is 38.4 Å². The number of halogens is 2. The molecular weight excluding hydrogens is 459 g/mol. The number of rotatable bonds is 5. The van der Waals surface area contributed by atoms with Crippen molar-refractivity contribution in [2.75, 3.05) is 5.73 Å². The zero-order chi connectivity index (χ0) is 22.9. The molecule has 32 heavy (non-hydrogen) atoms. The van der Waals surface area contributed by atoms with E-state index in [0.29, 0.717) is 28.2 Å². The van der Waals surface area contributed by atoms with Crippen molar-refractivity contribution >= 4 is 34.6 Å². The molecule has 2 aromatic heterocycles. The molecule has 2 heterocycles. The van der Waals surface area contributed by atoms with E-state index in [9.17, 15) is 10.1 Å². The van der Waals surface area contributed by atoms with Crippen LogP contribution in [0.15, 0.2) is 73.3 Å². The number of nitrogens with zero attached hydrogens (tertiary/aromatic N) is 5. The van der Waals surface area contributed by atoms with Gasteiger partial charge in [-0.25, -0.2) is 19.9 Å². The highest BCUT2D eigenvalue weighted by atomic mass is 35.5. The lowest BCUT2D eigenvalue weighted by Crippen LogP contribution is -1.90. The van der Waals surface area contributed by atoms with E-state index >= 15 is 0 Å². The molecule has 2 aromatic carbocycles. The first-order valence-electron chi connectivity index (χ1n) is 8.80. The molecule has 0 atom stereocenters. The Morgan fingerprint density at radius 2 is 1.19 bits per heavy atom. The third-order valence-corrected chi connectivity index (χ3v) is 4.00. The van der Waals surface area contributed by atoms with Crippen LogP contribution in [0.1, 0.15) is 0 Å². The Morgan fingerprint density at radius 3 is 1.59 bits per heavy atom. The third-order valence-electron chi connectivity index (χ3n) is 3.59. The van der Waals surface area contributed by atoms with Crippen LogP contribution in [0.4, 0.5) is 11.4 Å². The summed E-state index contributed by atoms with van der Waals surface area (Å²) in [7, 11) is 0. The van der Waals surface area contributed by atoms with Crippen molar-refractivity contribution in [2.24, 2.45) is 0 Å². The fourth-order valence-corrected chi connectivity index (χ4v) is 2.43. The van der Waals surface area contributed by atoms with Crippen LogP contribution < -0.4 is 15.2 Å². The minimum Gasteiger partial charge on any atom is -0.439 e. The van der Waals surface area contributed by atoms with E-state index in [-0.39, 0.29) is 16.7 Å². The van der Waals surface area contributed by atoms with Gasteiger partial charge in [-0.15, -0.1) is 0 Å². The van der Waals surface area contributed by atoms with Gasteiger partial charge in [-0.05, 0) is 36.4 Å². The van der Waals surface area contributed by atoms with Gasteiger partial charge in [-0.2, -0.15) is 0 Å². The summed E-state index contributed by atoms with van der Waals surface area (Å²) in [4.78, 5) is 25.2. The summed E-state index contributed by atoms with van der Waals surface area (Å²) in [6, 6.07) is 15.6. The number of ether oxygens (including phenoxy) is 2. The van der Waals surface area contributed by atoms with E-state index in [2.05, 4.69) is 19.9 Å². The molecule has 0 aliphatic rings. The molecule has 0 amide bonds. The van der Waals surface area contributed by atoms with Gasteiger partial charge in [0.25, 0.3) is 5.69 Å². The maximum absolute atomic E-state index is 10.4. The molecule has 0 saturated heterocycles. The van der Waals surface area contributed by atoms with Crippen LogP contribution in [0.25, 0.3) is 0 Å². The van der Waals surface area contributed by atoms with Crippen molar-refractivity contribution in [3.8, 4) is 23.3 Å². The van der Waals surface area contributed by atoms with E-state index < -0.39 is 4.92 Å². The summed E-state index contributed by atoms with van der Waals surface area (Å²) < 4.78 is 10.8. The van der Waals surface area contributed by atoms with Crippen molar-refractivity contribution in [1.82, 2.24) is 19.9 Å². The van der Waals surface area contributed by atoms with Crippen LogP contribution in [0.5, 0.6) is 23.3 Å². The molecule has 0 saturated carbocycles. The van der Waals surface area contributed by atoms with Crippen molar-refractivity contribution in [1.29, 1.82) is 0 Å². The number of anilines is 1. The number of benzene rings is 2. The number of nitrogens with two attached hydrogens (primary N) is 1. The van der Waals surface area contributed by atoms with Crippen LogP contribution in [-0.2, 0) is 0 Å². The Bertz CT molecular complexity index is 1190. The highest BCUT2D eigenvalue weighted by Crippen LogP contribution is 2.23. The van der Waals surface area contributed by atoms with Crippen LogP contribution in [0, 0.1) is 10.1 Å². The van der Waals surface area contributed by atoms with Crippen molar-refractivity contribution < 1.29 is 14.4 Å². The maximum Gasteiger partial charge on any atom is 0.269 e. The van der Waals surface area contributed by atoms with Gasteiger partial charge in [0, 0.05) is 30.0 Å². The molecule has 0 bridgehead atoms. The van der Waals surface area contributed by atoms with Gasteiger partial charge >= 0.3 is 0 Å². The van der Waals surface area contributed by atoms with Gasteiger partial charge in [0.05, 0.1) is 4.92 Å². The van der Waals surface area contributed by atoms with E-state index in [1.807, 2.05) is 0 Å². The Kier molecular flexibility index (Phi) is 7.68. The average Bonchev–Trinajstić information content (AvgIpc) is 2.76. The van der Waals surface area contributed by atoms with Crippen LogP contribution in [0.2, 0.25) is 10.3 Å². The van der Waals surface area contributed by atoms with Gasteiger partial charge in [-0.1, -0.05) is 23.2 Å². The number of aromatic nitrogens is 4. The Labute approximate surface area is 191 Å². The monoisotopic (exact) mass is 472 g/mol. The minimum absolute atomic E-state index is 0.00179. The highest BCUT2D eigenvalue weighted by Gasteiger charge is 2.06. The average molecular weight is 473 g/mol. The van der Waals surface area contributed by atoms with E-state index in [1.165, 1.54) is 49.1 Å². The molecule has 4 rings (SSSR count). The van der Waals surface area contributed by atoms with Crippen molar-refractivity contribution in [3.63, 3.8) is 0 Å². The largest absolute Gasteiger partial charge is 0.439 e. The first-order chi connectivity index (χ1) is 15.4. The van der Waals surface area contributed by atoms with Crippen LogP contribution in [-0.4, -0.2) is 24.9 Å². The van der Waals surface area contributed by atoms with Crippen LogP contribution >= 0.6 is 23.2 Å². The Balaban J connectivity index is 0.000000182. The van der Waals surface area contributed by atoms with Gasteiger partial charge in [0.2, 0.25) is 11.8 Å². The number of nitrogen functional groups attached to an aromatic ring is 1. The summed E-state index contributed by atoms with van der Waals surface area (Å²) in [6.45, 7) is 0. The smallest absolute Gasteiger partial charge is 0.269 e. The van der Waals surface area contributed by atoms with Gasteiger partial charge < -0.3 is 15.2 Å². The summed E-state index contributed by atoms with van der Waals surface area (Å²) in [5.41, 5.74) is 6.22. The standard InChI is InChI=1S/C10H6ClN3O3.C10H8ClN3O/c11-9-5-10(13-6-12-9)17-8-3-1-7(2-4-8)14(15)16;11-9-5-10(14-6-13-9)15-8-3-1-7(12)2-4-8/h1-6H;1-6H,12H2. The summed E-state index contributed by atoms with van der Waals surface area (Å²) >= 11 is 11.3. The summed E-state index contributed by atoms with van der Waals surface area (Å²) in [6.07, 6.45) is 2.61. The first kappa shape index (κ1) is 22.7. The summed E-state index contributed by atoms with van der Waals surface area (Å²) in [5.74, 6) is 1.77. The van der Waals surface area contributed by atoms with Gasteiger partial charge in [-0.3, -0.25) is 10.1 Å². The first-order valence-corrected chi connectivity index (χ1v) is 9.55. The summed E-state index contributed by atoms with van der Waals surface area (Å²) in [5, 5.41) is 11.0. The van der Waals surface area contributed by atoms with Crippen LogP contribution in [0.3, 0.4) is 0 Å². The van der Waals surface area contributed by atoms with E-state index in [1.54, 1.807) is 24.3 Å². The molecule has 4 aromatic rings. The molecule has 0 fully saturated rings.